The first-order chi connectivity index (χ1) is 7.72. The van der Waals surface area contributed by atoms with Crippen LogP contribution in [0.3, 0.4) is 0 Å². The zero-order valence-corrected chi connectivity index (χ0v) is 12.1. The fourth-order valence-electron chi connectivity index (χ4n) is 1.16. The van der Waals surface area contributed by atoms with E-state index in [0.717, 1.165) is 25.3 Å². The number of ether oxygens (including phenoxy) is 1. The van der Waals surface area contributed by atoms with Gasteiger partial charge in [-0.1, -0.05) is 6.07 Å². The van der Waals surface area contributed by atoms with E-state index in [1.807, 2.05) is 24.3 Å². The average molecular weight is 350 g/mol. The third kappa shape index (κ3) is 5.62. The van der Waals surface area contributed by atoms with Crippen LogP contribution in [0.4, 0.5) is 5.69 Å². The van der Waals surface area contributed by atoms with Crippen LogP contribution >= 0.6 is 34.8 Å². The van der Waals surface area contributed by atoms with Crippen LogP contribution in [-0.2, 0) is 4.74 Å². The lowest BCUT2D eigenvalue weighted by atomic mass is 10.3. The zero-order valence-electron chi connectivity index (χ0n) is 9.13. The number of halogens is 1. The molecule has 0 aliphatic rings. The molecule has 0 saturated carbocycles. The standard InChI is InChI=1S/C11H15IN2OS/c1-15-7-3-6-13-11(16)14-10-5-2-4-9(12)8-10/h2,4-5,8H,3,6-7H2,1H3,(H2,13,14,16). The molecule has 2 N–H and O–H groups in total. The third-order valence-electron chi connectivity index (χ3n) is 1.89. The Balaban J connectivity index is 2.29. The summed E-state index contributed by atoms with van der Waals surface area (Å²) in [5.41, 5.74) is 1.01. The first kappa shape index (κ1) is 13.7. The first-order valence-corrected chi connectivity index (χ1v) is 6.50. The first-order valence-electron chi connectivity index (χ1n) is 5.01. The molecule has 0 radical (unpaired) electrons. The van der Waals surface area contributed by atoms with Crippen molar-refractivity contribution < 1.29 is 4.74 Å². The van der Waals surface area contributed by atoms with Crippen LogP contribution in [0.1, 0.15) is 6.42 Å². The van der Waals surface area contributed by atoms with E-state index in [1.54, 1.807) is 7.11 Å². The van der Waals surface area contributed by atoms with Gasteiger partial charge < -0.3 is 15.4 Å². The van der Waals surface area contributed by atoms with Gasteiger partial charge in [0.2, 0.25) is 0 Å². The number of anilines is 1. The topological polar surface area (TPSA) is 33.3 Å². The summed E-state index contributed by atoms with van der Waals surface area (Å²) in [7, 11) is 1.70. The second kappa shape index (κ2) is 7.81. The summed E-state index contributed by atoms with van der Waals surface area (Å²) < 4.78 is 6.14. The van der Waals surface area contributed by atoms with Gasteiger partial charge in [0, 0.05) is 29.5 Å². The molecule has 0 saturated heterocycles. The monoisotopic (exact) mass is 350 g/mol. The van der Waals surface area contributed by atoms with Crippen molar-refractivity contribution in [3.8, 4) is 0 Å². The highest BCUT2D eigenvalue weighted by Crippen LogP contribution is 2.11. The molecule has 0 amide bonds. The van der Waals surface area contributed by atoms with Crippen LogP contribution in [0.2, 0.25) is 0 Å². The molecular weight excluding hydrogens is 335 g/mol. The normalized spacial score (nSPS) is 9.88. The van der Waals surface area contributed by atoms with Gasteiger partial charge in [0.05, 0.1) is 0 Å². The highest BCUT2D eigenvalue weighted by molar-refractivity contribution is 14.1. The second-order valence-electron chi connectivity index (χ2n) is 3.24. The van der Waals surface area contributed by atoms with Gasteiger partial charge in [-0.2, -0.15) is 0 Å². The maximum absolute atomic E-state index is 5.16. The summed E-state index contributed by atoms with van der Waals surface area (Å²) in [4.78, 5) is 0. The number of benzene rings is 1. The number of hydrogen-bond acceptors (Lipinski definition) is 2. The minimum Gasteiger partial charge on any atom is -0.385 e. The molecule has 16 heavy (non-hydrogen) atoms. The molecule has 5 heteroatoms. The van der Waals surface area contributed by atoms with Crippen molar-refractivity contribution in [1.29, 1.82) is 0 Å². The van der Waals surface area contributed by atoms with E-state index in [2.05, 4.69) is 33.2 Å². The summed E-state index contributed by atoms with van der Waals surface area (Å²) in [6, 6.07) is 8.08. The Kier molecular flexibility index (Phi) is 6.67. The zero-order chi connectivity index (χ0) is 11.8. The molecule has 0 aliphatic heterocycles. The molecule has 1 aromatic rings. The van der Waals surface area contributed by atoms with Gasteiger partial charge in [-0.05, 0) is 59.4 Å². The molecule has 3 nitrogen and oxygen atoms in total. The minimum atomic E-state index is 0.651. The number of rotatable bonds is 5. The molecule has 1 rings (SSSR count). The van der Waals surface area contributed by atoms with E-state index in [9.17, 15) is 0 Å². The fraction of sp³-hybridized carbons (Fsp3) is 0.364. The molecule has 0 unspecified atom stereocenters. The summed E-state index contributed by atoms with van der Waals surface area (Å²) in [6.07, 6.45) is 0.949. The van der Waals surface area contributed by atoms with E-state index in [0.29, 0.717) is 5.11 Å². The molecule has 0 aliphatic carbocycles. The van der Waals surface area contributed by atoms with Gasteiger partial charge in [0.1, 0.15) is 0 Å². The molecule has 0 heterocycles. The van der Waals surface area contributed by atoms with Crippen LogP contribution in [0.25, 0.3) is 0 Å². The summed E-state index contributed by atoms with van der Waals surface area (Å²) in [5.74, 6) is 0. The number of nitrogens with one attached hydrogen (secondary N) is 2. The quantitative estimate of drug-likeness (QED) is 0.486. The second-order valence-corrected chi connectivity index (χ2v) is 4.89. The van der Waals surface area contributed by atoms with Crippen LogP contribution in [0.5, 0.6) is 0 Å². The molecule has 0 fully saturated rings. The van der Waals surface area contributed by atoms with E-state index in [-0.39, 0.29) is 0 Å². The molecule has 0 aromatic heterocycles. The van der Waals surface area contributed by atoms with Crippen molar-refractivity contribution in [2.45, 2.75) is 6.42 Å². The summed E-state index contributed by atoms with van der Waals surface area (Å²) >= 11 is 7.44. The maximum Gasteiger partial charge on any atom is 0.170 e. The molecule has 88 valence electrons. The summed E-state index contributed by atoms with van der Waals surface area (Å²) in [5, 5.41) is 6.91. The van der Waals surface area contributed by atoms with Crippen molar-refractivity contribution in [3.63, 3.8) is 0 Å². The Morgan fingerprint density at radius 1 is 1.50 bits per heavy atom. The smallest absolute Gasteiger partial charge is 0.170 e. The molecule has 0 atom stereocenters. The Hall–Kier alpha value is -0.400. The van der Waals surface area contributed by atoms with Gasteiger partial charge in [-0.3, -0.25) is 0 Å². The van der Waals surface area contributed by atoms with Crippen LogP contribution in [-0.4, -0.2) is 25.4 Å². The maximum atomic E-state index is 5.16. The fourth-order valence-corrected chi connectivity index (χ4v) is 1.92. The van der Waals surface area contributed by atoms with Gasteiger partial charge in [0.15, 0.2) is 5.11 Å². The van der Waals surface area contributed by atoms with Crippen LogP contribution in [0, 0.1) is 3.57 Å². The lowest BCUT2D eigenvalue weighted by molar-refractivity contribution is 0.196. The predicted octanol–water partition coefficient (Wildman–Crippen LogP) is 2.61. The molecule has 0 bridgehead atoms. The number of thiocarbonyl (C=S) groups is 1. The van der Waals surface area contributed by atoms with E-state index in [1.165, 1.54) is 3.57 Å². The highest BCUT2D eigenvalue weighted by Gasteiger charge is 1.97. The lowest BCUT2D eigenvalue weighted by Crippen LogP contribution is -2.29. The number of methoxy groups -OCH3 is 1. The van der Waals surface area contributed by atoms with E-state index < -0.39 is 0 Å². The van der Waals surface area contributed by atoms with Crippen molar-refractivity contribution >= 4 is 45.6 Å². The number of hydrogen-bond donors (Lipinski definition) is 2. The van der Waals surface area contributed by atoms with Crippen molar-refractivity contribution in [2.75, 3.05) is 25.6 Å². The molecule has 1 aromatic carbocycles. The Labute approximate surface area is 115 Å². The van der Waals surface area contributed by atoms with Gasteiger partial charge in [0.25, 0.3) is 0 Å². The SMILES string of the molecule is COCCCNC(=S)Nc1cccc(I)c1. The van der Waals surface area contributed by atoms with Crippen LogP contribution in [0.15, 0.2) is 24.3 Å². The van der Waals surface area contributed by atoms with Gasteiger partial charge >= 0.3 is 0 Å². The van der Waals surface area contributed by atoms with Gasteiger partial charge in [-0.25, -0.2) is 0 Å². The van der Waals surface area contributed by atoms with Crippen molar-refractivity contribution in [1.82, 2.24) is 5.32 Å². The molecule has 0 spiro atoms. The molecular formula is C11H15IN2OS. The van der Waals surface area contributed by atoms with Gasteiger partial charge in [-0.15, -0.1) is 0 Å². The highest BCUT2D eigenvalue weighted by atomic mass is 127. The minimum absolute atomic E-state index is 0.651. The average Bonchev–Trinajstić information content (AvgIpc) is 2.24. The Morgan fingerprint density at radius 2 is 2.31 bits per heavy atom. The van der Waals surface area contributed by atoms with Crippen molar-refractivity contribution in [2.24, 2.45) is 0 Å². The van der Waals surface area contributed by atoms with Crippen molar-refractivity contribution in [3.05, 3.63) is 27.8 Å². The summed E-state index contributed by atoms with van der Waals surface area (Å²) in [6.45, 7) is 1.57. The van der Waals surface area contributed by atoms with E-state index in [4.69, 9.17) is 17.0 Å². The van der Waals surface area contributed by atoms with Crippen LogP contribution < -0.4 is 10.6 Å². The Morgan fingerprint density at radius 3 is 3.00 bits per heavy atom. The predicted molar refractivity (Wildman–Crippen MR) is 79.9 cm³/mol. The Bertz CT molecular complexity index is 347. The third-order valence-corrected chi connectivity index (χ3v) is 2.81. The van der Waals surface area contributed by atoms with E-state index >= 15 is 0 Å². The largest absolute Gasteiger partial charge is 0.385 e. The lowest BCUT2D eigenvalue weighted by Gasteiger charge is -2.10.